The van der Waals surface area contributed by atoms with Gasteiger partial charge in [0.1, 0.15) is 5.75 Å². The number of rotatable bonds is 3. The fraction of sp³-hybridized carbons (Fsp3) is 0.143. The van der Waals surface area contributed by atoms with Gasteiger partial charge in [0.25, 0.3) is 5.56 Å². The van der Waals surface area contributed by atoms with Gasteiger partial charge in [-0.05, 0) is 42.0 Å². The third-order valence-corrected chi connectivity index (χ3v) is 5.76. The second-order valence-corrected chi connectivity index (χ2v) is 7.68. The van der Waals surface area contributed by atoms with Crippen LogP contribution in [0.5, 0.6) is 5.75 Å². The SMILES string of the molecule is COc1ccc(-c2c3c(=O)n(C)c(=O)n(C)c3cn2-c2cc(N)c(Cl)cc2Cl)cc1. The van der Waals surface area contributed by atoms with Crippen LogP contribution in [-0.4, -0.2) is 20.8 Å². The van der Waals surface area contributed by atoms with E-state index in [1.165, 1.54) is 11.6 Å². The molecule has 2 heterocycles. The predicted molar refractivity (Wildman–Crippen MR) is 120 cm³/mol. The number of nitrogen functional groups attached to an aromatic ring is 1. The van der Waals surface area contributed by atoms with Crippen LogP contribution < -0.4 is 21.7 Å². The van der Waals surface area contributed by atoms with Crippen molar-refractivity contribution in [2.75, 3.05) is 12.8 Å². The number of aryl methyl sites for hydroxylation is 1. The van der Waals surface area contributed by atoms with Crippen molar-refractivity contribution in [2.24, 2.45) is 14.1 Å². The van der Waals surface area contributed by atoms with Gasteiger partial charge in [-0.3, -0.25) is 13.9 Å². The van der Waals surface area contributed by atoms with Gasteiger partial charge in [-0.2, -0.15) is 0 Å². The highest BCUT2D eigenvalue weighted by molar-refractivity contribution is 6.37. The van der Waals surface area contributed by atoms with E-state index < -0.39 is 11.2 Å². The lowest BCUT2D eigenvalue weighted by Crippen LogP contribution is -2.36. The maximum Gasteiger partial charge on any atom is 0.330 e. The molecule has 2 N–H and O–H groups in total. The molecule has 0 saturated heterocycles. The zero-order chi connectivity index (χ0) is 21.7. The summed E-state index contributed by atoms with van der Waals surface area (Å²) in [5, 5.41) is 1.07. The normalized spacial score (nSPS) is 11.2. The molecule has 0 unspecified atom stereocenters. The summed E-state index contributed by atoms with van der Waals surface area (Å²) in [4.78, 5) is 25.6. The standard InChI is InChI=1S/C21H18Cl2N4O3/c1-25-17-10-27(16-9-15(24)13(22)8-14(16)23)19(11-4-6-12(30-3)7-5-11)18(17)20(28)26(2)21(25)29/h4-10H,24H2,1-3H3. The van der Waals surface area contributed by atoms with Crippen LogP contribution in [0.2, 0.25) is 10.0 Å². The topological polar surface area (TPSA) is 84.2 Å². The van der Waals surface area contributed by atoms with Gasteiger partial charge in [-0.1, -0.05) is 23.2 Å². The molecule has 0 aliphatic carbocycles. The summed E-state index contributed by atoms with van der Waals surface area (Å²) in [6, 6.07) is 10.4. The van der Waals surface area contributed by atoms with Crippen LogP contribution in [0, 0.1) is 0 Å². The molecule has 0 aliphatic heterocycles. The molecule has 0 atom stereocenters. The first-order chi connectivity index (χ1) is 14.2. The first-order valence-corrected chi connectivity index (χ1v) is 9.70. The molecule has 0 spiro atoms. The molecular weight excluding hydrogens is 427 g/mol. The van der Waals surface area contributed by atoms with E-state index in [2.05, 4.69) is 0 Å². The number of methoxy groups -OCH3 is 1. The first-order valence-electron chi connectivity index (χ1n) is 8.95. The molecule has 9 heteroatoms. The Bertz CT molecular complexity index is 1420. The number of anilines is 1. The summed E-state index contributed by atoms with van der Waals surface area (Å²) in [5.41, 5.74) is 7.85. The molecule has 0 radical (unpaired) electrons. The molecule has 7 nitrogen and oxygen atoms in total. The third-order valence-electron chi connectivity index (χ3n) is 5.13. The third kappa shape index (κ3) is 2.98. The molecule has 0 bridgehead atoms. The Morgan fingerprint density at radius 3 is 2.27 bits per heavy atom. The summed E-state index contributed by atoms with van der Waals surface area (Å²) < 4.78 is 9.50. The van der Waals surface area contributed by atoms with Gasteiger partial charge < -0.3 is 15.0 Å². The van der Waals surface area contributed by atoms with Crippen LogP contribution in [0.1, 0.15) is 0 Å². The van der Waals surface area contributed by atoms with Gasteiger partial charge >= 0.3 is 5.69 Å². The molecule has 30 heavy (non-hydrogen) atoms. The Labute approximate surface area is 181 Å². The van der Waals surface area contributed by atoms with Crippen molar-refractivity contribution in [1.29, 1.82) is 0 Å². The number of ether oxygens (including phenoxy) is 1. The number of hydrogen-bond donors (Lipinski definition) is 1. The van der Waals surface area contributed by atoms with Gasteiger partial charge in [0, 0.05) is 20.3 Å². The van der Waals surface area contributed by atoms with E-state index in [-0.39, 0.29) is 0 Å². The summed E-state index contributed by atoms with van der Waals surface area (Å²) >= 11 is 12.6. The first kappa shape index (κ1) is 20.1. The van der Waals surface area contributed by atoms with Gasteiger partial charge in [0.2, 0.25) is 0 Å². The quantitative estimate of drug-likeness (QED) is 0.489. The molecular formula is C21H18Cl2N4O3. The van der Waals surface area contributed by atoms with Crippen molar-refractivity contribution in [3.05, 3.63) is 73.5 Å². The van der Waals surface area contributed by atoms with Crippen molar-refractivity contribution in [1.82, 2.24) is 13.7 Å². The Balaban J connectivity index is 2.19. The second-order valence-electron chi connectivity index (χ2n) is 6.87. The largest absolute Gasteiger partial charge is 0.497 e. The Hall–Kier alpha value is -3.16. The molecule has 0 amide bonds. The maximum absolute atomic E-state index is 13.1. The van der Waals surface area contributed by atoms with Gasteiger partial charge in [0.05, 0.1) is 45.1 Å². The van der Waals surface area contributed by atoms with Gasteiger partial charge in [-0.15, -0.1) is 0 Å². The van der Waals surface area contributed by atoms with Gasteiger partial charge in [-0.25, -0.2) is 4.79 Å². The van der Waals surface area contributed by atoms with Crippen LogP contribution in [-0.2, 0) is 14.1 Å². The molecule has 4 rings (SSSR count). The monoisotopic (exact) mass is 444 g/mol. The minimum Gasteiger partial charge on any atom is -0.497 e. The highest BCUT2D eigenvalue weighted by Gasteiger charge is 2.21. The van der Waals surface area contributed by atoms with E-state index in [4.69, 9.17) is 33.7 Å². The average molecular weight is 445 g/mol. The minimum atomic E-state index is -0.423. The fourth-order valence-electron chi connectivity index (χ4n) is 3.50. The van der Waals surface area contributed by atoms with E-state index in [0.29, 0.717) is 43.8 Å². The van der Waals surface area contributed by atoms with Crippen molar-refractivity contribution < 1.29 is 4.74 Å². The highest BCUT2D eigenvalue weighted by atomic mass is 35.5. The highest BCUT2D eigenvalue weighted by Crippen LogP contribution is 2.36. The molecule has 2 aromatic heterocycles. The minimum absolute atomic E-state index is 0.328. The molecule has 154 valence electrons. The van der Waals surface area contributed by atoms with E-state index in [0.717, 1.165) is 10.1 Å². The molecule has 0 fully saturated rings. The summed E-state index contributed by atoms with van der Waals surface area (Å²) in [6.07, 6.45) is 1.70. The lowest BCUT2D eigenvalue weighted by atomic mass is 10.1. The van der Waals surface area contributed by atoms with Crippen molar-refractivity contribution in [2.45, 2.75) is 0 Å². The van der Waals surface area contributed by atoms with Crippen LogP contribution in [0.4, 0.5) is 5.69 Å². The maximum atomic E-state index is 13.1. The second kappa shape index (κ2) is 7.27. The predicted octanol–water partition coefficient (Wildman–Crippen LogP) is 3.59. The van der Waals surface area contributed by atoms with Crippen LogP contribution in [0.3, 0.4) is 0 Å². The van der Waals surface area contributed by atoms with Gasteiger partial charge in [0.15, 0.2) is 0 Å². The summed E-state index contributed by atoms with van der Waals surface area (Å²) in [7, 11) is 4.64. The summed E-state index contributed by atoms with van der Waals surface area (Å²) in [6.45, 7) is 0. The van der Waals surface area contributed by atoms with Crippen molar-refractivity contribution in [3.63, 3.8) is 0 Å². The average Bonchev–Trinajstić information content (AvgIpc) is 3.13. The zero-order valence-electron chi connectivity index (χ0n) is 16.4. The molecule has 2 aromatic carbocycles. The van der Waals surface area contributed by atoms with E-state index in [1.807, 2.05) is 12.1 Å². The summed E-state index contributed by atoms with van der Waals surface area (Å²) in [5.74, 6) is 0.676. The van der Waals surface area contributed by atoms with Crippen LogP contribution >= 0.6 is 23.2 Å². The number of halogens is 2. The Morgan fingerprint density at radius 2 is 1.63 bits per heavy atom. The van der Waals surface area contributed by atoms with Crippen molar-refractivity contribution in [3.8, 4) is 22.7 Å². The number of nitrogens with zero attached hydrogens (tertiary/aromatic N) is 3. The van der Waals surface area contributed by atoms with Crippen LogP contribution in [0.25, 0.3) is 27.8 Å². The zero-order valence-corrected chi connectivity index (χ0v) is 18.0. The number of fused-ring (bicyclic) bond motifs is 1. The van der Waals surface area contributed by atoms with E-state index in [9.17, 15) is 9.59 Å². The molecule has 4 aromatic rings. The Morgan fingerprint density at radius 1 is 0.967 bits per heavy atom. The van der Waals surface area contributed by atoms with E-state index in [1.54, 1.807) is 49.2 Å². The Kier molecular flexibility index (Phi) is 4.88. The lowest BCUT2D eigenvalue weighted by Gasteiger charge is -2.13. The molecule has 0 aliphatic rings. The lowest BCUT2D eigenvalue weighted by molar-refractivity contribution is 0.415. The van der Waals surface area contributed by atoms with Crippen molar-refractivity contribution >= 4 is 39.8 Å². The smallest absolute Gasteiger partial charge is 0.330 e. The number of nitrogens with two attached hydrogens (primary N) is 1. The van der Waals surface area contributed by atoms with Crippen LogP contribution in [0.15, 0.2) is 52.2 Å². The molecule has 0 saturated carbocycles. The number of benzene rings is 2. The van der Waals surface area contributed by atoms with E-state index >= 15 is 0 Å². The number of hydrogen-bond acceptors (Lipinski definition) is 4. The number of aromatic nitrogens is 3. The fourth-order valence-corrected chi connectivity index (χ4v) is 3.98.